The SMILES string of the molecule is O=C1NCCCCCCN(Cc2ccncc2)[C@@H]2CN(C(=O)NC3CCCCC3)CC[C@@H]12. The molecule has 2 N–H and O–H groups in total. The summed E-state index contributed by atoms with van der Waals surface area (Å²) in [6.45, 7) is 3.76. The van der Waals surface area contributed by atoms with Crippen LogP contribution in [0.3, 0.4) is 0 Å². The van der Waals surface area contributed by atoms with Gasteiger partial charge < -0.3 is 15.5 Å². The van der Waals surface area contributed by atoms with Gasteiger partial charge in [0.25, 0.3) is 0 Å². The summed E-state index contributed by atoms with van der Waals surface area (Å²) in [7, 11) is 0. The lowest BCUT2D eigenvalue weighted by molar-refractivity contribution is -0.129. The smallest absolute Gasteiger partial charge is 0.317 e. The van der Waals surface area contributed by atoms with E-state index >= 15 is 0 Å². The summed E-state index contributed by atoms with van der Waals surface area (Å²) in [5.41, 5.74) is 1.21. The normalized spacial score (nSPS) is 26.5. The highest BCUT2D eigenvalue weighted by Crippen LogP contribution is 2.26. The van der Waals surface area contributed by atoms with Gasteiger partial charge in [-0.3, -0.25) is 14.7 Å². The molecule has 32 heavy (non-hydrogen) atoms. The minimum Gasteiger partial charge on any atom is -0.356 e. The number of likely N-dealkylation sites (tertiary alicyclic amines) is 1. The van der Waals surface area contributed by atoms with E-state index in [0.29, 0.717) is 19.1 Å². The van der Waals surface area contributed by atoms with E-state index in [4.69, 9.17) is 0 Å². The van der Waals surface area contributed by atoms with Crippen LogP contribution in [0.25, 0.3) is 0 Å². The molecule has 0 aromatic carbocycles. The van der Waals surface area contributed by atoms with Crippen LogP contribution in [0.2, 0.25) is 0 Å². The fourth-order valence-electron chi connectivity index (χ4n) is 5.53. The predicted octanol–water partition coefficient (Wildman–Crippen LogP) is 3.31. The van der Waals surface area contributed by atoms with Gasteiger partial charge in [0, 0.05) is 50.7 Å². The molecule has 176 valence electrons. The van der Waals surface area contributed by atoms with E-state index in [1.165, 1.54) is 31.2 Å². The molecule has 3 fully saturated rings. The van der Waals surface area contributed by atoms with Crippen LogP contribution in [-0.4, -0.2) is 65.0 Å². The van der Waals surface area contributed by atoms with Crippen molar-refractivity contribution in [3.63, 3.8) is 0 Å². The molecular formula is C25H39N5O2. The van der Waals surface area contributed by atoms with Crippen molar-refractivity contribution in [2.24, 2.45) is 5.92 Å². The van der Waals surface area contributed by atoms with Crippen LogP contribution in [0.1, 0.15) is 69.8 Å². The molecule has 3 amide bonds. The number of piperidine rings is 1. The van der Waals surface area contributed by atoms with Gasteiger partial charge >= 0.3 is 6.03 Å². The van der Waals surface area contributed by atoms with Gasteiger partial charge in [0.15, 0.2) is 0 Å². The van der Waals surface area contributed by atoms with Crippen LogP contribution >= 0.6 is 0 Å². The number of rotatable bonds is 3. The predicted molar refractivity (Wildman–Crippen MR) is 125 cm³/mol. The van der Waals surface area contributed by atoms with Crippen molar-refractivity contribution in [3.8, 4) is 0 Å². The molecule has 0 unspecified atom stereocenters. The zero-order valence-corrected chi connectivity index (χ0v) is 19.3. The van der Waals surface area contributed by atoms with E-state index in [1.807, 2.05) is 17.3 Å². The number of nitrogens with one attached hydrogen (secondary N) is 2. The molecule has 7 heteroatoms. The second-order valence-corrected chi connectivity index (χ2v) is 9.72. The van der Waals surface area contributed by atoms with Crippen molar-refractivity contribution < 1.29 is 9.59 Å². The first-order chi connectivity index (χ1) is 15.7. The third-order valence-electron chi connectivity index (χ3n) is 7.41. The van der Waals surface area contributed by atoms with Gasteiger partial charge in [-0.25, -0.2) is 4.79 Å². The Kier molecular flexibility index (Phi) is 8.37. The van der Waals surface area contributed by atoms with Gasteiger partial charge in [0.1, 0.15) is 0 Å². The Balaban J connectivity index is 1.50. The number of fused-ring (bicyclic) bond motifs is 1. The summed E-state index contributed by atoms with van der Waals surface area (Å²) in [6.07, 6.45) is 14.7. The Labute approximate surface area is 192 Å². The van der Waals surface area contributed by atoms with E-state index in [1.54, 1.807) is 0 Å². The first kappa shape index (κ1) is 23.0. The summed E-state index contributed by atoms with van der Waals surface area (Å²) in [4.78, 5) is 34.8. The fraction of sp³-hybridized carbons (Fsp3) is 0.720. The van der Waals surface area contributed by atoms with Gasteiger partial charge in [0.2, 0.25) is 5.91 Å². The summed E-state index contributed by atoms with van der Waals surface area (Å²) in [5, 5.41) is 6.46. The van der Waals surface area contributed by atoms with Gasteiger partial charge in [-0.15, -0.1) is 0 Å². The Bertz CT molecular complexity index is 737. The number of nitrogens with zero attached hydrogens (tertiary/aromatic N) is 3. The largest absolute Gasteiger partial charge is 0.356 e. The average molecular weight is 442 g/mol. The van der Waals surface area contributed by atoms with E-state index in [-0.39, 0.29) is 23.9 Å². The lowest BCUT2D eigenvalue weighted by atomic mass is 9.88. The lowest BCUT2D eigenvalue weighted by Crippen LogP contribution is -2.59. The van der Waals surface area contributed by atoms with Crippen molar-refractivity contribution in [1.82, 2.24) is 25.4 Å². The number of carbonyl (C=O) groups excluding carboxylic acids is 2. The summed E-state index contributed by atoms with van der Waals surface area (Å²) < 4.78 is 0. The zero-order chi connectivity index (χ0) is 22.2. The average Bonchev–Trinajstić information content (AvgIpc) is 2.86. The molecule has 0 bridgehead atoms. The highest BCUT2D eigenvalue weighted by atomic mass is 16.2. The van der Waals surface area contributed by atoms with Crippen molar-refractivity contribution in [2.45, 2.75) is 82.8 Å². The van der Waals surface area contributed by atoms with Gasteiger partial charge in [-0.2, -0.15) is 0 Å². The maximum absolute atomic E-state index is 13.1. The van der Waals surface area contributed by atoms with E-state index in [9.17, 15) is 9.59 Å². The summed E-state index contributed by atoms with van der Waals surface area (Å²) >= 11 is 0. The second kappa shape index (κ2) is 11.6. The summed E-state index contributed by atoms with van der Waals surface area (Å²) in [5.74, 6) is 0.0811. The summed E-state index contributed by atoms with van der Waals surface area (Å²) in [6, 6.07) is 4.49. The van der Waals surface area contributed by atoms with E-state index in [0.717, 1.165) is 58.2 Å². The standard InChI is InChI=1S/C25H39N5O2/c31-24-22-12-17-30(25(32)28-21-8-4-3-5-9-21)19-23(22)29(16-7-2-1-6-13-27-24)18-20-10-14-26-15-11-20/h10-11,14-15,21-23H,1-9,12-13,16-19H2,(H,27,31)(H,28,32)/t22-,23-/m1/s1. The molecule has 3 heterocycles. The van der Waals surface area contributed by atoms with Crippen molar-refractivity contribution in [2.75, 3.05) is 26.2 Å². The third-order valence-corrected chi connectivity index (χ3v) is 7.41. The number of aromatic nitrogens is 1. The molecule has 2 aliphatic heterocycles. The number of hydrogen-bond acceptors (Lipinski definition) is 4. The van der Waals surface area contributed by atoms with Gasteiger partial charge in [-0.1, -0.05) is 32.1 Å². The minimum absolute atomic E-state index is 0.0344. The molecule has 0 radical (unpaired) electrons. The number of urea groups is 1. The molecule has 2 saturated heterocycles. The van der Waals surface area contributed by atoms with Crippen molar-refractivity contribution >= 4 is 11.9 Å². The topological polar surface area (TPSA) is 77.6 Å². The van der Waals surface area contributed by atoms with Crippen molar-refractivity contribution in [1.29, 1.82) is 0 Å². The van der Waals surface area contributed by atoms with E-state index < -0.39 is 0 Å². The van der Waals surface area contributed by atoms with Crippen LogP contribution in [0.5, 0.6) is 0 Å². The highest BCUT2D eigenvalue weighted by Gasteiger charge is 2.39. The molecule has 1 aromatic rings. The Hall–Kier alpha value is -2.15. The molecule has 1 aliphatic carbocycles. The first-order valence-corrected chi connectivity index (χ1v) is 12.7. The second-order valence-electron chi connectivity index (χ2n) is 9.72. The quantitative estimate of drug-likeness (QED) is 0.754. The molecule has 4 rings (SSSR count). The highest BCUT2D eigenvalue weighted by molar-refractivity contribution is 5.80. The lowest BCUT2D eigenvalue weighted by Gasteiger charge is -2.44. The van der Waals surface area contributed by atoms with Crippen molar-refractivity contribution in [3.05, 3.63) is 30.1 Å². The van der Waals surface area contributed by atoms with E-state index in [2.05, 4.69) is 32.7 Å². The van der Waals surface area contributed by atoms with Crippen LogP contribution in [0, 0.1) is 5.92 Å². The Morgan fingerprint density at radius 2 is 1.75 bits per heavy atom. The Morgan fingerprint density at radius 3 is 2.56 bits per heavy atom. The molecule has 1 saturated carbocycles. The molecule has 3 aliphatic rings. The molecule has 7 nitrogen and oxygen atoms in total. The van der Waals surface area contributed by atoms with Crippen LogP contribution in [-0.2, 0) is 11.3 Å². The monoisotopic (exact) mass is 441 g/mol. The Morgan fingerprint density at radius 1 is 1.00 bits per heavy atom. The van der Waals surface area contributed by atoms with Crippen LogP contribution in [0.15, 0.2) is 24.5 Å². The number of amides is 3. The van der Waals surface area contributed by atoms with Crippen LogP contribution < -0.4 is 10.6 Å². The number of pyridine rings is 1. The molecule has 2 atom stereocenters. The first-order valence-electron chi connectivity index (χ1n) is 12.7. The minimum atomic E-state index is -0.0753. The molecule has 1 aromatic heterocycles. The number of carbonyl (C=O) groups is 2. The third kappa shape index (κ3) is 6.21. The molecular weight excluding hydrogens is 402 g/mol. The maximum atomic E-state index is 13.1. The van der Waals surface area contributed by atoms with Gasteiger partial charge in [0.05, 0.1) is 5.92 Å². The number of hydrogen-bond donors (Lipinski definition) is 2. The zero-order valence-electron chi connectivity index (χ0n) is 19.3. The molecule has 0 spiro atoms. The van der Waals surface area contributed by atoms with Gasteiger partial charge in [-0.05, 0) is 56.3 Å². The van der Waals surface area contributed by atoms with Crippen LogP contribution in [0.4, 0.5) is 4.79 Å². The fourth-order valence-corrected chi connectivity index (χ4v) is 5.53. The maximum Gasteiger partial charge on any atom is 0.317 e.